The van der Waals surface area contributed by atoms with E-state index in [4.69, 9.17) is 19.4 Å². The molecule has 2 aromatic heterocycles. The van der Waals surface area contributed by atoms with Gasteiger partial charge in [0.2, 0.25) is 5.95 Å². The number of methoxy groups -OCH3 is 1. The van der Waals surface area contributed by atoms with Crippen LogP contribution >= 0.6 is 15.9 Å². The van der Waals surface area contributed by atoms with Gasteiger partial charge in [-0.15, -0.1) is 0 Å². The molecule has 4 aromatic rings. The van der Waals surface area contributed by atoms with Crippen molar-refractivity contribution >= 4 is 50.1 Å². The molecule has 2 aromatic carbocycles. The van der Waals surface area contributed by atoms with Crippen molar-refractivity contribution < 1.29 is 23.0 Å². The SMILES string of the molecule is COc1ccc(Br)cc1Nc1nc(Nc2ccc(OC(F)F)cc2)nc2c1cnn2C1CCOCC1. The normalized spacial score (nSPS) is 14.2. The summed E-state index contributed by atoms with van der Waals surface area (Å²) in [6, 6.07) is 11.9. The number of nitrogens with one attached hydrogen (secondary N) is 2. The summed E-state index contributed by atoms with van der Waals surface area (Å²) in [5, 5.41) is 11.9. The van der Waals surface area contributed by atoms with Crippen molar-refractivity contribution in [1.82, 2.24) is 19.7 Å². The molecule has 188 valence electrons. The van der Waals surface area contributed by atoms with Crippen LogP contribution in [0.25, 0.3) is 11.0 Å². The Morgan fingerprint density at radius 2 is 1.86 bits per heavy atom. The number of rotatable bonds is 8. The second kappa shape index (κ2) is 10.6. The van der Waals surface area contributed by atoms with Gasteiger partial charge in [0.25, 0.3) is 0 Å². The van der Waals surface area contributed by atoms with Gasteiger partial charge in [-0.25, -0.2) is 4.68 Å². The predicted octanol–water partition coefficient (Wildman–Crippen LogP) is 6.04. The highest BCUT2D eigenvalue weighted by Gasteiger charge is 2.22. The molecule has 2 N–H and O–H groups in total. The van der Waals surface area contributed by atoms with E-state index in [1.54, 1.807) is 25.4 Å². The van der Waals surface area contributed by atoms with E-state index in [1.807, 2.05) is 22.9 Å². The second-order valence-corrected chi connectivity index (χ2v) is 8.98. The molecule has 0 spiro atoms. The molecule has 0 amide bonds. The zero-order chi connectivity index (χ0) is 25.1. The zero-order valence-corrected chi connectivity index (χ0v) is 20.8. The molecule has 1 fully saturated rings. The van der Waals surface area contributed by atoms with Gasteiger partial charge in [-0.05, 0) is 55.3 Å². The monoisotopic (exact) mass is 560 g/mol. The van der Waals surface area contributed by atoms with E-state index >= 15 is 0 Å². The van der Waals surface area contributed by atoms with Crippen LogP contribution in [0.4, 0.5) is 31.9 Å². The number of ether oxygens (including phenoxy) is 3. The Balaban J connectivity index is 1.53. The van der Waals surface area contributed by atoms with Crippen LogP contribution in [0.3, 0.4) is 0 Å². The largest absolute Gasteiger partial charge is 0.495 e. The average Bonchev–Trinajstić information content (AvgIpc) is 3.30. The Morgan fingerprint density at radius 3 is 2.58 bits per heavy atom. The van der Waals surface area contributed by atoms with Gasteiger partial charge in [-0.1, -0.05) is 15.9 Å². The van der Waals surface area contributed by atoms with Gasteiger partial charge in [0.05, 0.1) is 30.4 Å². The summed E-state index contributed by atoms with van der Waals surface area (Å²) in [5.74, 6) is 1.56. The fraction of sp³-hybridized carbons (Fsp3) is 0.292. The summed E-state index contributed by atoms with van der Waals surface area (Å²) in [6.07, 6.45) is 3.41. The van der Waals surface area contributed by atoms with Gasteiger partial charge < -0.3 is 24.8 Å². The van der Waals surface area contributed by atoms with Crippen LogP contribution in [0.5, 0.6) is 11.5 Å². The third kappa shape index (κ3) is 5.34. The summed E-state index contributed by atoms with van der Waals surface area (Å²) < 4.78 is 43.2. The average molecular weight is 561 g/mol. The van der Waals surface area contributed by atoms with Crippen LogP contribution in [0.1, 0.15) is 18.9 Å². The lowest BCUT2D eigenvalue weighted by atomic mass is 10.1. The van der Waals surface area contributed by atoms with E-state index in [0.717, 1.165) is 22.7 Å². The fourth-order valence-electron chi connectivity index (χ4n) is 4.03. The molecule has 0 unspecified atom stereocenters. The highest BCUT2D eigenvalue weighted by atomic mass is 79.9. The molecule has 0 atom stereocenters. The van der Waals surface area contributed by atoms with Gasteiger partial charge in [0.15, 0.2) is 5.65 Å². The van der Waals surface area contributed by atoms with E-state index in [2.05, 4.69) is 36.4 Å². The molecule has 0 radical (unpaired) electrons. The van der Waals surface area contributed by atoms with Crippen LogP contribution in [0.15, 0.2) is 53.1 Å². The molecular weight excluding hydrogens is 538 g/mol. The number of aromatic nitrogens is 4. The molecule has 1 saturated heterocycles. The van der Waals surface area contributed by atoms with Gasteiger partial charge in [-0.3, -0.25) is 0 Å². The van der Waals surface area contributed by atoms with Crippen molar-refractivity contribution in [2.45, 2.75) is 25.5 Å². The van der Waals surface area contributed by atoms with E-state index in [9.17, 15) is 8.78 Å². The third-order valence-corrected chi connectivity index (χ3v) is 6.23. The summed E-state index contributed by atoms with van der Waals surface area (Å²) in [6.45, 7) is -1.56. The van der Waals surface area contributed by atoms with Crippen molar-refractivity contribution in [3.05, 3.63) is 53.1 Å². The Morgan fingerprint density at radius 1 is 1.08 bits per heavy atom. The second-order valence-electron chi connectivity index (χ2n) is 8.06. The Kier molecular flexibility index (Phi) is 7.14. The minimum atomic E-state index is -2.89. The van der Waals surface area contributed by atoms with E-state index in [0.29, 0.717) is 47.8 Å². The van der Waals surface area contributed by atoms with Gasteiger partial charge >= 0.3 is 6.61 Å². The number of halogens is 3. The minimum Gasteiger partial charge on any atom is -0.495 e. The molecule has 0 bridgehead atoms. The summed E-state index contributed by atoms with van der Waals surface area (Å²) in [4.78, 5) is 9.44. The Labute approximate surface area is 213 Å². The molecular formula is C24H23BrF2N6O3. The minimum absolute atomic E-state index is 0.0635. The number of benzene rings is 2. The van der Waals surface area contributed by atoms with Crippen molar-refractivity contribution in [3.8, 4) is 11.5 Å². The van der Waals surface area contributed by atoms with Crippen molar-refractivity contribution in [2.75, 3.05) is 31.0 Å². The first-order chi connectivity index (χ1) is 17.5. The predicted molar refractivity (Wildman–Crippen MR) is 135 cm³/mol. The molecule has 3 heterocycles. The molecule has 1 aliphatic rings. The number of hydrogen-bond acceptors (Lipinski definition) is 8. The number of nitrogens with zero attached hydrogens (tertiary/aromatic N) is 4. The highest BCUT2D eigenvalue weighted by Crippen LogP contribution is 2.34. The molecule has 5 rings (SSSR count). The van der Waals surface area contributed by atoms with Crippen LogP contribution in [0.2, 0.25) is 0 Å². The topological polar surface area (TPSA) is 95.4 Å². The zero-order valence-electron chi connectivity index (χ0n) is 19.2. The lowest BCUT2D eigenvalue weighted by Gasteiger charge is -2.23. The lowest BCUT2D eigenvalue weighted by Crippen LogP contribution is -2.20. The number of anilines is 4. The smallest absolute Gasteiger partial charge is 0.387 e. The maximum atomic E-state index is 12.5. The standard InChI is InChI=1S/C24H23BrF2N6O3/c1-34-20-7-2-14(25)12-19(20)30-21-18-13-28-33(16-8-10-35-11-9-16)22(18)32-24(31-21)29-15-3-5-17(6-4-15)36-23(26)27/h2-7,12-13,16,23H,8-11H2,1H3,(H2,29,30,31,32). The van der Waals surface area contributed by atoms with Crippen LogP contribution < -0.4 is 20.1 Å². The number of alkyl halides is 2. The maximum Gasteiger partial charge on any atom is 0.387 e. The Bertz CT molecular complexity index is 1350. The summed E-state index contributed by atoms with van der Waals surface area (Å²) in [7, 11) is 1.60. The highest BCUT2D eigenvalue weighted by molar-refractivity contribution is 9.10. The third-order valence-electron chi connectivity index (χ3n) is 5.74. The van der Waals surface area contributed by atoms with E-state index < -0.39 is 6.61 Å². The molecule has 0 aliphatic carbocycles. The molecule has 1 aliphatic heterocycles. The first kappa shape index (κ1) is 24.2. The molecule has 0 saturated carbocycles. The number of fused-ring (bicyclic) bond motifs is 1. The van der Waals surface area contributed by atoms with Crippen LogP contribution in [-0.2, 0) is 4.74 Å². The van der Waals surface area contributed by atoms with Gasteiger partial charge in [0.1, 0.15) is 17.3 Å². The first-order valence-electron chi connectivity index (χ1n) is 11.3. The van der Waals surface area contributed by atoms with E-state index in [1.165, 1.54) is 12.1 Å². The van der Waals surface area contributed by atoms with Crippen LogP contribution in [-0.4, -0.2) is 46.7 Å². The maximum absolute atomic E-state index is 12.5. The fourth-order valence-corrected chi connectivity index (χ4v) is 4.39. The number of hydrogen-bond donors (Lipinski definition) is 2. The van der Waals surface area contributed by atoms with Gasteiger partial charge in [0, 0.05) is 23.4 Å². The quantitative estimate of drug-likeness (QED) is 0.269. The van der Waals surface area contributed by atoms with Crippen molar-refractivity contribution in [2.24, 2.45) is 0 Å². The summed E-state index contributed by atoms with van der Waals surface area (Å²) in [5.41, 5.74) is 1.98. The molecule has 9 nitrogen and oxygen atoms in total. The van der Waals surface area contributed by atoms with Crippen molar-refractivity contribution in [3.63, 3.8) is 0 Å². The van der Waals surface area contributed by atoms with Crippen molar-refractivity contribution in [1.29, 1.82) is 0 Å². The van der Waals surface area contributed by atoms with Gasteiger partial charge in [-0.2, -0.15) is 23.8 Å². The first-order valence-corrected chi connectivity index (χ1v) is 12.0. The van der Waals surface area contributed by atoms with E-state index in [-0.39, 0.29) is 11.8 Å². The molecule has 12 heteroatoms. The van der Waals surface area contributed by atoms with Crippen LogP contribution in [0, 0.1) is 0 Å². The molecule has 36 heavy (non-hydrogen) atoms. The Hall–Kier alpha value is -3.51. The summed E-state index contributed by atoms with van der Waals surface area (Å²) >= 11 is 3.50. The lowest BCUT2D eigenvalue weighted by molar-refractivity contribution is -0.0498.